The maximum Gasteiger partial charge on any atom is 0.306 e. The Morgan fingerprint density at radius 2 is 0.520 bits per heavy atom. The molecule has 0 saturated heterocycles. The average Bonchev–Trinajstić information content (AvgIpc) is 3.41. The number of hydrogen-bond acceptors (Lipinski definition) is 6. The molecule has 0 rings (SSSR count). The predicted octanol–water partition coefficient (Wildman–Crippen LogP) is 22.6. The van der Waals surface area contributed by atoms with Gasteiger partial charge < -0.3 is 14.2 Å². The molecule has 0 N–H and O–H groups in total. The van der Waals surface area contributed by atoms with Crippen molar-refractivity contribution in [2.45, 2.75) is 361 Å². The molecule has 0 amide bonds. The van der Waals surface area contributed by atoms with Crippen molar-refractivity contribution in [3.05, 3.63) is 48.6 Å². The molecule has 438 valence electrons. The van der Waals surface area contributed by atoms with Crippen LogP contribution in [0.3, 0.4) is 0 Å². The highest BCUT2D eigenvalue weighted by atomic mass is 16.6. The van der Waals surface area contributed by atoms with E-state index in [1.807, 2.05) is 0 Å². The Kier molecular flexibility index (Phi) is 61.7. The Morgan fingerprint density at radius 3 is 0.813 bits per heavy atom. The number of carbonyl (C=O) groups excluding carboxylic acids is 3. The van der Waals surface area contributed by atoms with Gasteiger partial charge in [0.2, 0.25) is 0 Å². The zero-order valence-corrected chi connectivity index (χ0v) is 50.3. The zero-order chi connectivity index (χ0) is 54.3. The molecule has 0 saturated carbocycles. The number of hydrogen-bond donors (Lipinski definition) is 0. The Morgan fingerprint density at radius 1 is 0.280 bits per heavy atom. The fourth-order valence-electron chi connectivity index (χ4n) is 9.91. The molecule has 0 heterocycles. The first kappa shape index (κ1) is 72.4. The van der Waals surface area contributed by atoms with Crippen molar-refractivity contribution in [3.63, 3.8) is 0 Å². The summed E-state index contributed by atoms with van der Waals surface area (Å²) >= 11 is 0. The SMILES string of the molecule is CC/C=C\C/C=C\C/C=C\C/C=C\CCCCCCCCC(=O)OC(COC(=O)CCCCCCC)COC(=O)CCCCCCCCCCCCCCCCCCCCCCCCCCCCCCCCCCC. The molecule has 0 aliphatic rings. The number of esters is 3. The molecule has 1 unspecified atom stereocenters. The summed E-state index contributed by atoms with van der Waals surface area (Å²) in [6.45, 7) is 6.48. The van der Waals surface area contributed by atoms with E-state index in [9.17, 15) is 14.4 Å². The van der Waals surface area contributed by atoms with Gasteiger partial charge in [-0.25, -0.2) is 0 Å². The van der Waals surface area contributed by atoms with Crippen LogP contribution in [0.2, 0.25) is 0 Å². The van der Waals surface area contributed by atoms with Gasteiger partial charge in [0.15, 0.2) is 6.10 Å². The third-order valence-corrected chi connectivity index (χ3v) is 14.8. The van der Waals surface area contributed by atoms with Gasteiger partial charge in [-0.2, -0.15) is 0 Å². The van der Waals surface area contributed by atoms with Crippen LogP contribution in [0.15, 0.2) is 48.6 Å². The largest absolute Gasteiger partial charge is 0.462 e. The summed E-state index contributed by atoms with van der Waals surface area (Å²) < 4.78 is 16.8. The van der Waals surface area contributed by atoms with Gasteiger partial charge in [-0.15, -0.1) is 0 Å². The maximum absolute atomic E-state index is 12.8. The van der Waals surface area contributed by atoms with Gasteiger partial charge in [0.05, 0.1) is 0 Å². The van der Waals surface area contributed by atoms with Crippen molar-refractivity contribution in [1.29, 1.82) is 0 Å². The van der Waals surface area contributed by atoms with Crippen LogP contribution >= 0.6 is 0 Å². The van der Waals surface area contributed by atoms with E-state index in [4.69, 9.17) is 14.2 Å². The summed E-state index contributed by atoms with van der Waals surface area (Å²) in [6, 6.07) is 0. The summed E-state index contributed by atoms with van der Waals surface area (Å²) in [5.41, 5.74) is 0. The van der Waals surface area contributed by atoms with Gasteiger partial charge >= 0.3 is 17.9 Å². The van der Waals surface area contributed by atoms with Gasteiger partial charge in [-0.3, -0.25) is 14.4 Å². The predicted molar refractivity (Wildman–Crippen MR) is 325 cm³/mol. The number of unbranched alkanes of at least 4 members (excludes halogenated alkanes) is 42. The van der Waals surface area contributed by atoms with Crippen molar-refractivity contribution in [1.82, 2.24) is 0 Å². The van der Waals surface area contributed by atoms with E-state index in [2.05, 4.69) is 69.4 Å². The molecule has 0 bridgehead atoms. The first-order valence-electron chi connectivity index (χ1n) is 33.1. The highest BCUT2D eigenvalue weighted by molar-refractivity contribution is 5.71. The topological polar surface area (TPSA) is 78.9 Å². The van der Waals surface area contributed by atoms with Crippen LogP contribution in [0.4, 0.5) is 0 Å². The molecule has 75 heavy (non-hydrogen) atoms. The Labute approximate surface area is 467 Å². The molecular weight excluding hydrogens is 925 g/mol. The fourth-order valence-corrected chi connectivity index (χ4v) is 9.91. The minimum Gasteiger partial charge on any atom is -0.462 e. The standard InChI is InChI=1S/C69H126O6/c1-4-7-10-13-15-17-19-21-23-25-27-28-29-30-31-32-33-34-35-36-37-38-39-40-42-43-45-47-49-51-53-56-59-62-68(71)74-65-66(64-73-67(70)61-58-55-12-9-6-3)75-69(72)63-60-57-54-52-50-48-46-44-41-26-24-22-20-18-16-14-11-8-5-2/h8,11,16,18,22,24,41,44,66H,4-7,9-10,12-15,17,19-21,23,25-40,42-43,45-65H2,1-3H3/b11-8-,18-16-,24-22-,44-41-. The van der Waals surface area contributed by atoms with Crippen LogP contribution in [0.1, 0.15) is 355 Å². The van der Waals surface area contributed by atoms with E-state index in [0.717, 1.165) is 103 Å². The first-order valence-corrected chi connectivity index (χ1v) is 33.1. The van der Waals surface area contributed by atoms with E-state index < -0.39 is 6.10 Å². The molecule has 0 aliphatic carbocycles. The molecule has 6 heteroatoms. The molecule has 0 spiro atoms. The third kappa shape index (κ3) is 62.1. The van der Waals surface area contributed by atoms with Crippen LogP contribution in [-0.4, -0.2) is 37.2 Å². The number of carbonyl (C=O) groups is 3. The fraction of sp³-hybridized carbons (Fsp3) is 0.841. The monoisotopic (exact) mass is 1050 g/mol. The Bertz CT molecular complexity index is 1300. The second-order valence-electron chi connectivity index (χ2n) is 22.4. The smallest absolute Gasteiger partial charge is 0.306 e. The zero-order valence-electron chi connectivity index (χ0n) is 50.3. The summed E-state index contributed by atoms with van der Waals surface area (Å²) in [4.78, 5) is 37.9. The number of allylic oxidation sites excluding steroid dienone is 8. The lowest BCUT2D eigenvalue weighted by Gasteiger charge is -2.18. The molecule has 0 aromatic rings. The second kappa shape index (κ2) is 63.9. The summed E-state index contributed by atoms with van der Waals surface area (Å²) in [7, 11) is 0. The van der Waals surface area contributed by atoms with E-state index in [1.54, 1.807) is 0 Å². The van der Waals surface area contributed by atoms with E-state index in [1.165, 1.54) is 212 Å². The highest BCUT2D eigenvalue weighted by Gasteiger charge is 2.19. The van der Waals surface area contributed by atoms with Crippen LogP contribution in [0.5, 0.6) is 0 Å². The van der Waals surface area contributed by atoms with Crippen LogP contribution in [0.25, 0.3) is 0 Å². The molecule has 0 aromatic carbocycles. The lowest BCUT2D eigenvalue weighted by Crippen LogP contribution is -2.30. The number of rotatable bonds is 61. The molecule has 0 aliphatic heterocycles. The normalized spacial score (nSPS) is 12.3. The summed E-state index contributed by atoms with van der Waals surface area (Å²) in [5.74, 6) is -0.888. The molecule has 6 nitrogen and oxygen atoms in total. The van der Waals surface area contributed by atoms with Crippen LogP contribution < -0.4 is 0 Å². The summed E-state index contributed by atoms with van der Waals surface area (Å²) in [5, 5.41) is 0. The van der Waals surface area contributed by atoms with Gasteiger partial charge in [-0.1, -0.05) is 326 Å². The molecule has 0 aromatic heterocycles. The Hall–Kier alpha value is -2.63. The quantitative estimate of drug-likeness (QED) is 0.0261. The van der Waals surface area contributed by atoms with Gasteiger partial charge in [0.1, 0.15) is 13.2 Å². The van der Waals surface area contributed by atoms with Gasteiger partial charge in [0.25, 0.3) is 0 Å². The Balaban J connectivity index is 3.90. The van der Waals surface area contributed by atoms with Crippen molar-refractivity contribution in [2.24, 2.45) is 0 Å². The lowest BCUT2D eigenvalue weighted by atomic mass is 10.0. The van der Waals surface area contributed by atoms with Gasteiger partial charge in [0, 0.05) is 19.3 Å². The van der Waals surface area contributed by atoms with Crippen LogP contribution in [-0.2, 0) is 28.6 Å². The van der Waals surface area contributed by atoms with Crippen molar-refractivity contribution >= 4 is 17.9 Å². The summed E-state index contributed by atoms with van der Waals surface area (Å²) in [6.07, 6.45) is 80.6. The highest BCUT2D eigenvalue weighted by Crippen LogP contribution is 2.18. The van der Waals surface area contributed by atoms with Crippen molar-refractivity contribution in [3.8, 4) is 0 Å². The van der Waals surface area contributed by atoms with E-state index >= 15 is 0 Å². The maximum atomic E-state index is 12.8. The van der Waals surface area contributed by atoms with E-state index in [0.29, 0.717) is 19.3 Å². The molecule has 0 radical (unpaired) electrons. The third-order valence-electron chi connectivity index (χ3n) is 14.8. The van der Waals surface area contributed by atoms with Crippen molar-refractivity contribution < 1.29 is 28.6 Å². The van der Waals surface area contributed by atoms with Crippen LogP contribution in [0, 0.1) is 0 Å². The molecule has 1 atom stereocenters. The van der Waals surface area contributed by atoms with Gasteiger partial charge in [-0.05, 0) is 57.8 Å². The van der Waals surface area contributed by atoms with E-state index in [-0.39, 0.29) is 31.1 Å². The minimum absolute atomic E-state index is 0.0761. The second-order valence-corrected chi connectivity index (χ2v) is 22.4. The lowest BCUT2D eigenvalue weighted by molar-refractivity contribution is -0.167. The number of ether oxygens (including phenoxy) is 3. The molecular formula is C69H126O6. The molecule has 0 fully saturated rings. The first-order chi connectivity index (χ1) is 37.0. The average molecular weight is 1050 g/mol. The van der Waals surface area contributed by atoms with Crippen molar-refractivity contribution in [2.75, 3.05) is 13.2 Å². The minimum atomic E-state index is -0.776.